The number of amides is 3. The predicted molar refractivity (Wildman–Crippen MR) is 67.0 cm³/mol. The standard InChI is InChI=1S/C13H12N2O5/c1-7-11(17)14-10(16)6-15(7)12(18)8-4-2-3-5-9(8)13(19)20/h2-5,7H,6H2,1H3,(H,19,20)(H,14,16,17). The lowest BCUT2D eigenvalue weighted by Crippen LogP contribution is -2.58. The molecule has 3 amide bonds. The molecule has 0 aromatic heterocycles. The zero-order chi connectivity index (χ0) is 14.9. The van der Waals surface area contributed by atoms with Crippen molar-refractivity contribution in [1.29, 1.82) is 0 Å². The van der Waals surface area contributed by atoms with Gasteiger partial charge in [-0.25, -0.2) is 4.79 Å². The average molecular weight is 276 g/mol. The Kier molecular flexibility index (Phi) is 3.51. The Hall–Kier alpha value is -2.70. The van der Waals surface area contributed by atoms with E-state index >= 15 is 0 Å². The van der Waals surface area contributed by atoms with Gasteiger partial charge in [-0.1, -0.05) is 12.1 Å². The number of carbonyl (C=O) groups excluding carboxylic acids is 3. The molecule has 1 saturated heterocycles. The first-order chi connectivity index (χ1) is 9.41. The minimum Gasteiger partial charge on any atom is -0.478 e. The van der Waals surface area contributed by atoms with Crippen molar-refractivity contribution in [2.45, 2.75) is 13.0 Å². The maximum Gasteiger partial charge on any atom is 0.336 e. The summed E-state index contributed by atoms with van der Waals surface area (Å²) in [5, 5.41) is 11.2. The third-order valence-electron chi connectivity index (χ3n) is 3.07. The Morgan fingerprint density at radius 3 is 2.45 bits per heavy atom. The van der Waals surface area contributed by atoms with Crippen LogP contribution < -0.4 is 5.32 Å². The Labute approximate surface area is 114 Å². The highest BCUT2D eigenvalue weighted by Gasteiger charge is 2.35. The number of piperazine rings is 1. The Bertz CT molecular complexity index is 611. The van der Waals surface area contributed by atoms with Crippen LogP contribution in [0.5, 0.6) is 0 Å². The first-order valence-corrected chi connectivity index (χ1v) is 5.89. The van der Waals surface area contributed by atoms with Gasteiger partial charge in [-0.05, 0) is 19.1 Å². The SMILES string of the molecule is CC1C(=O)NC(=O)CN1C(=O)c1ccccc1C(=O)O. The zero-order valence-electron chi connectivity index (χ0n) is 10.6. The lowest BCUT2D eigenvalue weighted by atomic mass is 10.0. The lowest BCUT2D eigenvalue weighted by molar-refractivity contribution is -0.138. The molecule has 1 aromatic rings. The minimum atomic E-state index is -1.24. The summed E-state index contributed by atoms with van der Waals surface area (Å²) in [4.78, 5) is 47.4. The van der Waals surface area contributed by atoms with Crippen LogP contribution in [0.4, 0.5) is 0 Å². The van der Waals surface area contributed by atoms with Gasteiger partial charge in [-0.3, -0.25) is 19.7 Å². The largest absolute Gasteiger partial charge is 0.478 e. The van der Waals surface area contributed by atoms with Gasteiger partial charge in [-0.2, -0.15) is 0 Å². The van der Waals surface area contributed by atoms with Crippen LogP contribution in [0.15, 0.2) is 24.3 Å². The van der Waals surface area contributed by atoms with E-state index in [9.17, 15) is 19.2 Å². The van der Waals surface area contributed by atoms with Gasteiger partial charge < -0.3 is 10.0 Å². The highest BCUT2D eigenvalue weighted by Crippen LogP contribution is 2.15. The predicted octanol–water partition coefficient (Wildman–Crippen LogP) is -0.128. The summed E-state index contributed by atoms with van der Waals surface area (Å²) in [5.41, 5.74) is -0.211. The number of carboxylic acid groups (broad SMARTS) is 1. The van der Waals surface area contributed by atoms with Gasteiger partial charge in [0.15, 0.2) is 0 Å². The smallest absolute Gasteiger partial charge is 0.336 e. The summed E-state index contributed by atoms with van der Waals surface area (Å²) in [6, 6.07) is 4.84. The summed E-state index contributed by atoms with van der Waals surface area (Å²) < 4.78 is 0. The molecular weight excluding hydrogens is 264 g/mol. The van der Waals surface area contributed by atoms with Gasteiger partial charge in [-0.15, -0.1) is 0 Å². The van der Waals surface area contributed by atoms with E-state index < -0.39 is 29.7 Å². The van der Waals surface area contributed by atoms with Crippen LogP contribution in [-0.2, 0) is 9.59 Å². The fourth-order valence-corrected chi connectivity index (χ4v) is 1.97. The van der Waals surface area contributed by atoms with Crippen LogP contribution in [0.3, 0.4) is 0 Å². The number of aromatic carboxylic acids is 1. The molecular formula is C13H12N2O5. The molecule has 1 heterocycles. The Balaban J connectivity index is 2.38. The van der Waals surface area contributed by atoms with Gasteiger partial charge >= 0.3 is 5.97 Å². The van der Waals surface area contributed by atoms with Crippen LogP contribution in [0.2, 0.25) is 0 Å². The van der Waals surface area contributed by atoms with Crippen LogP contribution >= 0.6 is 0 Å². The third-order valence-corrected chi connectivity index (χ3v) is 3.07. The first-order valence-electron chi connectivity index (χ1n) is 5.89. The van der Waals surface area contributed by atoms with Crippen molar-refractivity contribution in [1.82, 2.24) is 10.2 Å². The molecule has 0 saturated carbocycles. The monoisotopic (exact) mass is 276 g/mol. The van der Waals surface area contributed by atoms with E-state index in [1.54, 1.807) is 0 Å². The molecule has 1 unspecified atom stereocenters. The zero-order valence-corrected chi connectivity index (χ0v) is 10.6. The van der Waals surface area contributed by atoms with Crippen molar-refractivity contribution < 1.29 is 24.3 Å². The first kappa shape index (κ1) is 13.7. The number of benzene rings is 1. The number of nitrogens with one attached hydrogen (secondary N) is 1. The molecule has 1 aliphatic rings. The Morgan fingerprint density at radius 1 is 1.25 bits per heavy atom. The van der Waals surface area contributed by atoms with Crippen LogP contribution in [0, 0.1) is 0 Å². The molecule has 0 bridgehead atoms. The number of imide groups is 1. The molecule has 2 N–H and O–H groups in total. The normalized spacial score (nSPS) is 18.6. The van der Waals surface area contributed by atoms with E-state index in [1.807, 2.05) is 0 Å². The fraction of sp³-hybridized carbons (Fsp3) is 0.231. The van der Waals surface area contributed by atoms with Crippen molar-refractivity contribution >= 4 is 23.7 Å². The fourth-order valence-electron chi connectivity index (χ4n) is 1.97. The number of nitrogens with zero attached hydrogens (tertiary/aromatic N) is 1. The molecule has 7 heteroatoms. The van der Waals surface area contributed by atoms with Crippen molar-refractivity contribution in [2.75, 3.05) is 6.54 Å². The van der Waals surface area contributed by atoms with E-state index in [-0.39, 0.29) is 17.7 Å². The van der Waals surface area contributed by atoms with E-state index in [0.29, 0.717) is 0 Å². The van der Waals surface area contributed by atoms with Gasteiger partial charge in [0.05, 0.1) is 11.1 Å². The van der Waals surface area contributed by atoms with E-state index in [4.69, 9.17) is 5.11 Å². The summed E-state index contributed by atoms with van der Waals surface area (Å²) in [6.45, 7) is 1.20. The topological polar surface area (TPSA) is 104 Å². The molecule has 1 aromatic carbocycles. The molecule has 7 nitrogen and oxygen atoms in total. The quantitative estimate of drug-likeness (QED) is 0.732. The number of hydrogen-bond acceptors (Lipinski definition) is 4. The highest BCUT2D eigenvalue weighted by molar-refractivity contribution is 6.10. The van der Waals surface area contributed by atoms with Crippen LogP contribution in [0.1, 0.15) is 27.6 Å². The van der Waals surface area contributed by atoms with E-state index in [1.165, 1.54) is 31.2 Å². The average Bonchev–Trinajstić information content (AvgIpc) is 2.42. The van der Waals surface area contributed by atoms with Gasteiger partial charge in [0.25, 0.3) is 5.91 Å². The maximum atomic E-state index is 12.4. The third kappa shape index (κ3) is 2.37. The van der Waals surface area contributed by atoms with Gasteiger partial charge in [0.1, 0.15) is 12.6 Å². The molecule has 1 aliphatic heterocycles. The van der Waals surface area contributed by atoms with Crippen LogP contribution in [0.25, 0.3) is 0 Å². The highest BCUT2D eigenvalue weighted by atomic mass is 16.4. The van der Waals surface area contributed by atoms with Gasteiger partial charge in [0, 0.05) is 0 Å². The molecule has 1 fully saturated rings. The number of carboxylic acids is 1. The molecule has 0 aliphatic carbocycles. The second-order valence-corrected chi connectivity index (χ2v) is 4.37. The number of carbonyl (C=O) groups is 4. The molecule has 0 spiro atoms. The lowest BCUT2D eigenvalue weighted by Gasteiger charge is -2.31. The summed E-state index contributed by atoms with van der Waals surface area (Å²) >= 11 is 0. The molecule has 0 radical (unpaired) electrons. The van der Waals surface area contributed by atoms with E-state index in [2.05, 4.69) is 5.32 Å². The maximum absolute atomic E-state index is 12.4. The molecule has 2 rings (SSSR count). The van der Waals surface area contributed by atoms with Crippen molar-refractivity contribution in [3.8, 4) is 0 Å². The molecule has 1 atom stereocenters. The van der Waals surface area contributed by atoms with Crippen molar-refractivity contribution in [3.63, 3.8) is 0 Å². The van der Waals surface area contributed by atoms with Crippen LogP contribution in [-0.4, -0.2) is 46.3 Å². The van der Waals surface area contributed by atoms with Crippen molar-refractivity contribution in [2.24, 2.45) is 0 Å². The molecule has 20 heavy (non-hydrogen) atoms. The Morgan fingerprint density at radius 2 is 1.85 bits per heavy atom. The van der Waals surface area contributed by atoms with Gasteiger partial charge in [0.2, 0.25) is 11.8 Å². The summed E-state index contributed by atoms with van der Waals surface area (Å²) in [5.74, 6) is -3.07. The summed E-state index contributed by atoms with van der Waals surface area (Å²) in [7, 11) is 0. The second kappa shape index (κ2) is 5.12. The van der Waals surface area contributed by atoms with E-state index in [0.717, 1.165) is 4.90 Å². The second-order valence-electron chi connectivity index (χ2n) is 4.37. The number of hydrogen-bond donors (Lipinski definition) is 2. The molecule has 104 valence electrons. The number of rotatable bonds is 2. The minimum absolute atomic E-state index is 0.0469. The van der Waals surface area contributed by atoms with Crippen molar-refractivity contribution in [3.05, 3.63) is 35.4 Å². The summed E-state index contributed by atoms with van der Waals surface area (Å²) in [6.07, 6.45) is 0.